The predicted molar refractivity (Wildman–Crippen MR) is 174 cm³/mol. The number of unbranched alkanes of at least 4 members (excludes halogenated alkanes) is 14. The minimum absolute atomic E-state index is 0.0493. The molecule has 9 nitrogen and oxygen atoms in total. The summed E-state index contributed by atoms with van der Waals surface area (Å²) in [6.07, 6.45) is 28.0. The first-order valence-corrected chi connectivity index (χ1v) is 18.3. The Morgan fingerprint density at radius 3 is 1.81 bits per heavy atom. The second-order valence-electron chi connectivity index (χ2n) is 11.0. The van der Waals surface area contributed by atoms with E-state index in [1.807, 2.05) is 0 Å². The summed E-state index contributed by atoms with van der Waals surface area (Å²) in [4.78, 5) is 34.4. The van der Waals surface area contributed by atoms with Crippen molar-refractivity contribution in [3.63, 3.8) is 0 Å². The van der Waals surface area contributed by atoms with Crippen LogP contribution in [0.4, 0.5) is 0 Å². The van der Waals surface area contributed by atoms with E-state index in [1.165, 1.54) is 64.2 Å². The molecule has 252 valence electrons. The highest BCUT2D eigenvalue weighted by Gasteiger charge is 2.25. The molecule has 0 heterocycles. The molecule has 0 aliphatic rings. The van der Waals surface area contributed by atoms with Crippen molar-refractivity contribution in [2.45, 2.75) is 148 Å². The third-order valence-electron chi connectivity index (χ3n) is 6.84. The zero-order valence-electron chi connectivity index (χ0n) is 27.2. The molecule has 0 aliphatic heterocycles. The molecule has 43 heavy (non-hydrogen) atoms. The fourth-order valence-corrected chi connectivity index (χ4v) is 5.07. The Morgan fingerprint density at radius 2 is 1.21 bits per heavy atom. The van der Waals surface area contributed by atoms with Gasteiger partial charge in [0.25, 0.3) is 0 Å². The van der Waals surface area contributed by atoms with Crippen molar-refractivity contribution in [1.29, 1.82) is 0 Å². The molecular formula is C33H62NO8P. The van der Waals surface area contributed by atoms with Gasteiger partial charge in [-0.3, -0.25) is 18.6 Å². The summed E-state index contributed by atoms with van der Waals surface area (Å²) in [7, 11) is -4.37. The average Bonchev–Trinajstić information content (AvgIpc) is 2.99. The van der Waals surface area contributed by atoms with E-state index in [0.29, 0.717) is 6.42 Å². The Balaban J connectivity index is 4.32. The Labute approximate surface area is 261 Å². The molecule has 0 spiro atoms. The van der Waals surface area contributed by atoms with Crippen LogP contribution in [0.5, 0.6) is 0 Å². The van der Waals surface area contributed by atoms with E-state index in [2.05, 4.69) is 38.2 Å². The molecule has 0 aromatic heterocycles. The van der Waals surface area contributed by atoms with Gasteiger partial charge in [-0.05, 0) is 44.9 Å². The number of rotatable bonds is 31. The van der Waals surface area contributed by atoms with Gasteiger partial charge >= 0.3 is 19.8 Å². The highest BCUT2D eigenvalue weighted by atomic mass is 31.2. The standard InChI is InChI=1S/C33H62NO8P/c1-3-5-7-9-11-12-13-14-15-16-17-18-20-22-24-26-33(36)42-31(30-41-43(37,38)40-28-27-34)29-39-32(35)25-23-21-19-10-8-6-4-2/h14-15,17-18,31H,3-13,16,19-30,34H2,1-2H3,(H,37,38)/b15-14+,18-17+/t31-/m1/s1. The maximum atomic E-state index is 12.4. The van der Waals surface area contributed by atoms with Crippen molar-refractivity contribution in [1.82, 2.24) is 0 Å². The monoisotopic (exact) mass is 631 g/mol. The van der Waals surface area contributed by atoms with E-state index < -0.39 is 32.5 Å². The summed E-state index contributed by atoms with van der Waals surface area (Å²) in [5, 5.41) is 0. The van der Waals surface area contributed by atoms with Gasteiger partial charge in [-0.1, -0.05) is 109 Å². The zero-order chi connectivity index (χ0) is 31.9. The molecule has 2 atom stereocenters. The van der Waals surface area contributed by atoms with Crippen molar-refractivity contribution >= 4 is 19.8 Å². The number of phosphoric ester groups is 1. The summed E-state index contributed by atoms with van der Waals surface area (Å²) < 4.78 is 32.4. The third-order valence-corrected chi connectivity index (χ3v) is 7.82. The van der Waals surface area contributed by atoms with Crippen molar-refractivity contribution in [2.24, 2.45) is 5.73 Å². The molecule has 0 aliphatic carbocycles. The molecule has 0 saturated carbocycles. The fraction of sp³-hybridized carbons (Fsp3) is 0.818. The molecule has 0 aromatic carbocycles. The molecular weight excluding hydrogens is 569 g/mol. The van der Waals surface area contributed by atoms with Gasteiger partial charge in [-0.15, -0.1) is 0 Å². The summed E-state index contributed by atoms with van der Waals surface area (Å²) in [5.41, 5.74) is 5.30. The Morgan fingerprint density at radius 1 is 0.698 bits per heavy atom. The van der Waals surface area contributed by atoms with Crippen molar-refractivity contribution < 1.29 is 37.6 Å². The normalized spacial score (nSPS) is 13.9. The molecule has 0 rings (SSSR count). The van der Waals surface area contributed by atoms with Crippen LogP contribution < -0.4 is 5.73 Å². The maximum Gasteiger partial charge on any atom is 0.472 e. The van der Waals surface area contributed by atoms with E-state index in [1.54, 1.807) is 0 Å². The van der Waals surface area contributed by atoms with Crippen LogP contribution in [0, 0.1) is 0 Å². The SMILES string of the molecule is CCCCCCCC/C=C/C/C=C/CCCCC(=O)O[C@H](COC(=O)CCCCCCCCC)COP(=O)(O)OCCN. The predicted octanol–water partition coefficient (Wildman–Crippen LogP) is 8.49. The average molecular weight is 632 g/mol. The van der Waals surface area contributed by atoms with Crippen LogP contribution in [-0.4, -0.2) is 49.3 Å². The highest BCUT2D eigenvalue weighted by Crippen LogP contribution is 2.43. The molecule has 0 amide bonds. The first-order chi connectivity index (χ1) is 20.8. The van der Waals surface area contributed by atoms with Crippen LogP contribution in [0.15, 0.2) is 24.3 Å². The molecule has 0 aromatic rings. The van der Waals surface area contributed by atoms with Gasteiger partial charge in [0.2, 0.25) is 0 Å². The number of carbonyl (C=O) groups is 2. The number of ether oxygens (including phenoxy) is 2. The van der Waals surface area contributed by atoms with E-state index in [4.69, 9.17) is 24.3 Å². The van der Waals surface area contributed by atoms with Gasteiger partial charge in [-0.2, -0.15) is 0 Å². The van der Waals surface area contributed by atoms with E-state index in [-0.39, 0.29) is 32.6 Å². The summed E-state index contributed by atoms with van der Waals surface area (Å²) in [5.74, 6) is -0.876. The van der Waals surface area contributed by atoms with Gasteiger partial charge < -0.3 is 20.1 Å². The number of carbonyl (C=O) groups excluding carboxylic acids is 2. The van der Waals surface area contributed by atoms with E-state index in [9.17, 15) is 19.0 Å². The topological polar surface area (TPSA) is 134 Å². The van der Waals surface area contributed by atoms with Gasteiger partial charge in [0, 0.05) is 19.4 Å². The highest BCUT2D eigenvalue weighted by molar-refractivity contribution is 7.47. The molecule has 1 unspecified atom stereocenters. The van der Waals surface area contributed by atoms with Crippen molar-refractivity contribution in [3.8, 4) is 0 Å². The number of hydrogen-bond donors (Lipinski definition) is 2. The fourth-order valence-electron chi connectivity index (χ4n) is 4.31. The molecule has 0 bridgehead atoms. The lowest BCUT2D eigenvalue weighted by molar-refractivity contribution is -0.161. The van der Waals surface area contributed by atoms with Crippen LogP contribution in [0.2, 0.25) is 0 Å². The second-order valence-corrected chi connectivity index (χ2v) is 12.5. The number of nitrogens with two attached hydrogens (primary N) is 1. The van der Waals surface area contributed by atoms with Crippen LogP contribution in [0.25, 0.3) is 0 Å². The van der Waals surface area contributed by atoms with Crippen LogP contribution in [-0.2, 0) is 32.7 Å². The lowest BCUT2D eigenvalue weighted by Gasteiger charge is -2.19. The Hall–Kier alpha value is -1.51. The summed E-state index contributed by atoms with van der Waals surface area (Å²) in [6, 6.07) is 0. The number of allylic oxidation sites excluding steroid dienone is 4. The van der Waals surface area contributed by atoms with Gasteiger partial charge in [0.15, 0.2) is 6.10 Å². The molecule has 0 saturated heterocycles. The lowest BCUT2D eigenvalue weighted by atomic mass is 10.1. The third kappa shape index (κ3) is 30.3. The van der Waals surface area contributed by atoms with Crippen LogP contribution in [0.1, 0.15) is 142 Å². The maximum absolute atomic E-state index is 12.4. The van der Waals surface area contributed by atoms with Gasteiger partial charge in [0.05, 0.1) is 13.2 Å². The molecule has 0 fully saturated rings. The number of esters is 2. The number of phosphoric acid groups is 1. The van der Waals surface area contributed by atoms with Gasteiger partial charge in [0.1, 0.15) is 6.61 Å². The van der Waals surface area contributed by atoms with Crippen molar-refractivity contribution in [3.05, 3.63) is 24.3 Å². The Kier molecular flexibility index (Phi) is 29.4. The lowest BCUT2D eigenvalue weighted by Crippen LogP contribution is -2.29. The van der Waals surface area contributed by atoms with Crippen LogP contribution in [0.3, 0.4) is 0 Å². The molecule has 3 N–H and O–H groups in total. The number of hydrogen-bond acceptors (Lipinski definition) is 8. The summed E-state index contributed by atoms with van der Waals surface area (Å²) in [6.45, 7) is 3.61. The molecule has 10 heteroatoms. The second kappa shape index (κ2) is 30.5. The van der Waals surface area contributed by atoms with E-state index >= 15 is 0 Å². The first-order valence-electron chi connectivity index (χ1n) is 16.8. The largest absolute Gasteiger partial charge is 0.472 e. The summed E-state index contributed by atoms with van der Waals surface area (Å²) >= 11 is 0. The van der Waals surface area contributed by atoms with Crippen LogP contribution >= 0.6 is 7.82 Å². The zero-order valence-corrected chi connectivity index (χ0v) is 28.1. The Bertz CT molecular complexity index is 774. The minimum atomic E-state index is -4.37. The smallest absolute Gasteiger partial charge is 0.462 e. The van der Waals surface area contributed by atoms with E-state index in [0.717, 1.165) is 44.9 Å². The van der Waals surface area contributed by atoms with Gasteiger partial charge in [-0.25, -0.2) is 4.57 Å². The first kappa shape index (κ1) is 41.5. The molecule has 0 radical (unpaired) electrons. The van der Waals surface area contributed by atoms with Crippen molar-refractivity contribution in [2.75, 3.05) is 26.4 Å². The quantitative estimate of drug-likeness (QED) is 0.0334. The minimum Gasteiger partial charge on any atom is -0.462 e.